The fraction of sp³-hybridized carbons (Fsp3) is 0.263. The molecule has 0 spiro atoms. The highest BCUT2D eigenvalue weighted by Gasteiger charge is 2.15. The van der Waals surface area contributed by atoms with Gasteiger partial charge in [-0.1, -0.05) is 48.5 Å². The third-order valence-electron chi connectivity index (χ3n) is 3.76. The second kappa shape index (κ2) is 8.82. The molecule has 0 heterocycles. The van der Waals surface area contributed by atoms with Gasteiger partial charge in [-0.25, -0.2) is 4.39 Å². The molecular formula is C19H21FN2O2. The lowest BCUT2D eigenvalue weighted by Crippen LogP contribution is -2.33. The quantitative estimate of drug-likeness (QED) is 0.810. The number of carbonyl (C=O) groups excluding carboxylic acids is 2. The van der Waals surface area contributed by atoms with Crippen molar-refractivity contribution in [3.63, 3.8) is 0 Å². The summed E-state index contributed by atoms with van der Waals surface area (Å²) >= 11 is 0. The number of hydrogen-bond acceptors (Lipinski definition) is 2. The van der Waals surface area contributed by atoms with E-state index in [4.69, 9.17) is 5.73 Å². The summed E-state index contributed by atoms with van der Waals surface area (Å²) in [5, 5.41) is 0. The van der Waals surface area contributed by atoms with E-state index in [2.05, 4.69) is 0 Å². The van der Waals surface area contributed by atoms with Gasteiger partial charge in [-0.2, -0.15) is 0 Å². The molecule has 2 amide bonds. The number of halogens is 1. The molecule has 0 aliphatic carbocycles. The Bertz CT molecular complexity index is 689. The Morgan fingerprint density at radius 2 is 1.62 bits per heavy atom. The number of rotatable bonds is 8. The van der Waals surface area contributed by atoms with E-state index in [0.717, 1.165) is 5.56 Å². The molecule has 4 nitrogen and oxygen atoms in total. The Morgan fingerprint density at radius 3 is 2.29 bits per heavy atom. The lowest BCUT2D eigenvalue weighted by Gasteiger charge is -2.22. The molecule has 0 fully saturated rings. The summed E-state index contributed by atoms with van der Waals surface area (Å²) in [6.07, 6.45) is 0.623. The summed E-state index contributed by atoms with van der Waals surface area (Å²) in [7, 11) is 0. The maximum atomic E-state index is 13.7. The monoisotopic (exact) mass is 328 g/mol. The molecule has 0 radical (unpaired) electrons. The Labute approximate surface area is 141 Å². The summed E-state index contributed by atoms with van der Waals surface area (Å²) in [5.74, 6) is -0.879. The largest absolute Gasteiger partial charge is 0.370 e. The molecule has 24 heavy (non-hydrogen) atoms. The number of carbonyl (C=O) groups is 2. The van der Waals surface area contributed by atoms with Crippen LogP contribution < -0.4 is 5.73 Å². The fourth-order valence-corrected chi connectivity index (χ4v) is 2.44. The highest BCUT2D eigenvalue weighted by molar-refractivity contribution is 5.78. The second-order valence-corrected chi connectivity index (χ2v) is 5.61. The van der Waals surface area contributed by atoms with Crippen LogP contribution in [0, 0.1) is 5.82 Å². The van der Waals surface area contributed by atoms with E-state index in [0.29, 0.717) is 18.5 Å². The Balaban J connectivity index is 2.00. The number of benzene rings is 2. The van der Waals surface area contributed by atoms with Gasteiger partial charge < -0.3 is 10.6 Å². The van der Waals surface area contributed by atoms with Gasteiger partial charge in [0.2, 0.25) is 11.8 Å². The summed E-state index contributed by atoms with van der Waals surface area (Å²) < 4.78 is 13.7. The van der Waals surface area contributed by atoms with Crippen LogP contribution in [0.15, 0.2) is 54.6 Å². The molecule has 126 valence electrons. The van der Waals surface area contributed by atoms with Gasteiger partial charge >= 0.3 is 0 Å². The zero-order valence-electron chi connectivity index (χ0n) is 13.5. The van der Waals surface area contributed by atoms with E-state index in [1.54, 1.807) is 23.1 Å². The van der Waals surface area contributed by atoms with Gasteiger partial charge in [-0.3, -0.25) is 9.59 Å². The topological polar surface area (TPSA) is 63.4 Å². The van der Waals surface area contributed by atoms with E-state index in [-0.39, 0.29) is 31.1 Å². The summed E-state index contributed by atoms with van der Waals surface area (Å²) in [5.41, 5.74) is 6.68. The molecule has 0 aromatic heterocycles. The van der Waals surface area contributed by atoms with Crippen LogP contribution in [0.5, 0.6) is 0 Å². The predicted molar refractivity (Wildman–Crippen MR) is 90.4 cm³/mol. The first-order valence-electron chi connectivity index (χ1n) is 7.89. The number of amides is 2. The van der Waals surface area contributed by atoms with E-state index in [9.17, 15) is 14.0 Å². The highest BCUT2D eigenvalue weighted by Crippen LogP contribution is 2.12. The van der Waals surface area contributed by atoms with Crippen molar-refractivity contribution in [3.05, 3.63) is 71.5 Å². The molecule has 0 unspecified atom stereocenters. The van der Waals surface area contributed by atoms with E-state index >= 15 is 0 Å². The summed E-state index contributed by atoms with van der Waals surface area (Å²) in [4.78, 5) is 25.1. The number of hydrogen-bond donors (Lipinski definition) is 1. The first-order chi connectivity index (χ1) is 11.6. The van der Waals surface area contributed by atoms with Gasteiger partial charge in [0.25, 0.3) is 0 Å². The van der Waals surface area contributed by atoms with Crippen LogP contribution in [0.2, 0.25) is 0 Å². The van der Waals surface area contributed by atoms with E-state index in [1.807, 2.05) is 30.3 Å². The van der Waals surface area contributed by atoms with E-state index in [1.165, 1.54) is 6.07 Å². The van der Waals surface area contributed by atoms with Crippen molar-refractivity contribution in [1.29, 1.82) is 0 Å². The average molecular weight is 328 g/mol. The Morgan fingerprint density at radius 1 is 0.958 bits per heavy atom. The predicted octanol–water partition coefficient (Wildman–Crippen LogP) is 2.66. The van der Waals surface area contributed by atoms with Crippen molar-refractivity contribution < 1.29 is 14.0 Å². The molecule has 0 saturated carbocycles. The van der Waals surface area contributed by atoms with Crippen molar-refractivity contribution >= 4 is 11.8 Å². The third-order valence-corrected chi connectivity index (χ3v) is 3.76. The molecule has 2 aromatic carbocycles. The minimum Gasteiger partial charge on any atom is -0.370 e. The number of nitrogens with two attached hydrogens (primary N) is 1. The van der Waals surface area contributed by atoms with Gasteiger partial charge in [-0.05, 0) is 23.6 Å². The van der Waals surface area contributed by atoms with Crippen LogP contribution in [0.3, 0.4) is 0 Å². The first-order valence-corrected chi connectivity index (χ1v) is 7.89. The van der Waals surface area contributed by atoms with Crippen molar-refractivity contribution in [3.8, 4) is 0 Å². The van der Waals surface area contributed by atoms with Gasteiger partial charge in [0.1, 0.15) is 5.82 Å². The molecule has 0 aliphatic rings. The molecule has 0 saturated heterocycles. The molecule has 2 N–H and O–H groups in total. The highest BCUT2D eigenvalue weighted by atomic mass is 19.1. The van der Waals surface area contributed by atoms with Gasteiger partial charge in [0.05, 0.1) is 0 Å². The van der Waals surface area contributed by atoms with Crippen LogP contribution in [0.1, 0.15) is 24.0 Å². The fourth-order valence-electron chi connectivity index (χ4n) is 2.44. The number of aryl methyl sites for hydroxylation is 1. The van der Waals surface area contributed by atoms with Crippen molar-refractivity contribution in [2.24, 2.45) is 5.73 Å². The van der Waals surface area contributed by atoms with Crippen LogP contribution in [-0.2, 0) is 22.6 Å². The van der Waals surface area contributed by atoms with Crippen molar-refractivity contribution in [1.82, 2.24) is 4.90 Å². The zero-order chi connectivity index (χ0) is 17.4. The second-order valence-electron chi connectivity index (χ2n) is 5.61. The van der Waals surface area contributed by atoms with Crippen LogP contribution in [0.4, 0.5) is 4.39 Å². The van der Waals surface area contributed by atoms with Crippen molar-refractivity contribution in [2.45, 2.75) is 25.8 Å². The number of primary amides is 1. The normalized spacial score (nSPS) is 10.4. The lowest BCUT2D eigenvalue weighted by molar-refractivity contribution is -0.132. The molecule has 2 aromatic rings. The van der Waals surface area contributed by atoms with Crippen LogP contribution in [-0.4, -0.2) is 23.3 Å². The van der Waals surface area contributed by atoms with Gasteiger partial charge in [-0.15, -0.1) is 0 Å². The minimum atomic E-state index is -0.449. The van der Waals surface area contributed by atoms with E-state index < -0.39 is 5.91 Å². The van der Waals surface area contributed by atoms with Gasteiger partial charge in [0, 0.05) is 25.9 Å². The van der Waals surface area contributed by atoms with Crippen LogP contribution >= 0.6 is 0 Å². The zero-order valence-corrected chi connectivity index (χ0v) is 13.5. The molecule has 0 atom stereocenters. The molecule has 0 bridgehead atoms. The summed E-state index contributed by atoms with van der Waals surface area (Å²) in [6, 6.07) is 16.0. The lowest BCUT2D eigenvalue weighted by atomic mass is 10.1. The van der Waals surface area contributed by atoms with Crippen LogP contribution in [0.25, 0.3) is 0 Å². The standard InChI is InChI=1S/C19H21FN2O2/c20-17-9-5-4-8-16(17)10-11-19(24)22(13-12-18(21)23)14-15-6-2-1-3-7-15/h1-9H,10-14H2,(H2,21,23). The SMILES string of the molecule is NC(=O)CCN(Cc1ccccc1)C(=O)CCc1ccccc1F. The average Bonchev–Trinajstić information content (AvgIpc) is 2.58. The minimum absolute atomic E-state index is 0.109. The summed E-state index contributed by atoms with van der Waals surface area (Å²) in [6.45, 7) is 0.671. The Hall–Kier alpha value is -2.69. The maximum Gasteiger partial charge on any atom is 0.223 e. The molecule has 0 aliphatic heterocycles. The maximum absolute atomic E-state index is 13.7. The number of nitrogens with zero attached hydrogens (tertiary/aromatic N) is 1. The third kappa shape index (κ3) is 5.50. The molecule has 5 heteroatoms. The first kappa shape index (κ1) is 17.7. The Kier molecular flexibility index (Phi) is 6.49. The molecular weight excluding hydrogens is 307 g/mol. The van der Waals surface area contributed by atoms with Crippen molar-refractivity contribution in [2.75, 3.05) is 6.54 Å². The van der Waals surface area contributed by atoms with Gasteiger partial charge in [0.15, 0.2) is 0 Å². The molecule has 2 rings (SSSR count). The smallest absolute Gasteiger partial charge is 0.223 e.